The monoisotopic (exact) mass is 147 g/mol. The molecule has 0 fully saturated rings. The van der Waals surface area contributed by atoms with Gasteiger partial charge in [0.05, 0.1) is 12.1 Å². The minimum Gasteiger partial charge on any atom is -0.316 e. The summed E-state index contributed by atoms with van der Waals surface area (Å²) in [6, 6.07) is 5.29. The van der Waals surface area contributed by atoms with Gasteiger partial charge in [0, 0.05) is 18.8 Å². The van der Waals surface area contributed by atoms with Gasteiger partial charge in [-0.15, -0.1) is 0 Å². The summed E-state index contributed by atoms with van der Waals surface area (Å²) in [5.74, 6) is 0. The smallest absolute Gasteiger partial charge is 0.0969 e. The minimum absolute atomic E-state index is 0.417. The zero-order valence-electron chi connectivity index (χ0n) is 6.07. The fourth-order valence-electron chi connectivity index (χ4n) is 0.818. The first-order valence-electron chi connectivity index (χ1n) is 3.37. The molecule has 0 saturated heterocycles. The lowest BCUT2D eigenvalue weighted by molar-refractivity contribution is 0.819. The van der Waals surface area contributed by atoms with Crippen LogP contribution in [0.2, 0.25) is 0 Å². The average Bonchev–Trinajstić information content (AvgIpc) is 2.06. The van der Waals surface area contributed by atoms with Gasteiger partial charge in [-0.2, -0.15) is 5.26 Å². The van der Waals surface area contributed by atoms with Crippen molar-refractivity contribution in [2.45, 2.75) is 12.5 Å². The Morgan fingerprint density at radius 3 is 3.09 bits per heavy atom. The number of hydrogen-bond donors (Lipinski definition) is 1. The van der Waals surface area contributed by atoms with E-state index in [-0.39, 0.29) is 0 Å². The maximum absolute atomic E-state index is 8.40. The van der Waals surface area contributed by atoms with Crippen LogP contribution in [0.3, 0.4) is 0 Å². The first-order valence-corrected chi connectivity index (χ1v) is 3.37. The summed E-state index contributed by atoms with van der Waals surface area (Å²) in [7, 11) is 0. The molecule has 0 amide bonds. The molecule has 0 radical (unpaired) electrons. The summed E-state index contributed by atoms with van der Waals surface area (Å²) >= 11 is 0. The van der Waals surface area contributed by atoms with Gasteiger partial charge in [-0.1, -0.05) is 6.07 Å². The second-order valence-corrected chi connectivity index (χ2v) is 2.30. The van der Waals surface area contributed by atoms with Crippen molar-refractivity contribution in [3.63, 3.8) is 0 Å². The van der Waals surface area contributed by atoms with Crippen LogP contribution in [0, 0.1) is 11.3 Å². The van der Waals surface area contributed by atoms with Gasteiger partial charge in [0.15, 0.2) is 0 Å². The van der Waals surface area contributed by atoms with Crippen molar-refractivity contribution >= 4 is 0 Å². The molecule has 0 unspecified atom stereocenters. The third-order valence-corrected chi connectivity index (χ3v) is 1.34. The molecule has 1 rings (SSSR count). The number of nitrogens with zero attached hydrogens (tertiary/aromatic N) is 2. The first kappa shape index (κ1) is 7.70. The minimum atomic E-state index is -0.417. The molecule has 2 N–H and O–H groups in total. The maximum Gasteiger partial charge on any atom is 0.0969 e. The first-order chi connectivity index (χ1) is 5.33. The van der Waals surface area contributed by atoms with E-state index in [1.165, 1.54) is 0 Å². The van der Waals surface area contributed by atoms with Gasteiger partial charge in [-0.3, -0.25) is 4.98 Å². The number of nitrogens with two attached hydrogens (primary N) is 1. The molecule has 0 aromatic carbocycles. The number of hydrogen-bond acceptors (Lipinski definition) is 3. The van der Waals surface area contributed by atoms with Gasteiger partial charge in [-0.05, 0) is 11.6 Å². The third kappa shape index (κ3) is 2.36. The topological polar surface area (TPSA) is 62.7 Å². The molecule has 1 aromatic rings. The van der Waals surface area contributed by atoms with E-state index >= 15 is 0 Å². The molecule has 0 bridgehead atoms. The summed E-state index contributed by atoms with van der Waals surface area (Å²) in [6.07, 6.45) is 3.99. The van der Waals surface area contributed by atoms with Crippen LogP contribution >= 0.6 is 0 Å². The Balaban J connectivity index is 2.60. The predicted octanol–water partition coefficient (Wildman–Crippen LogP) is 0.475. The lowest BCUT2D eigenvalue weighted by Crippen LogP contribution is -2.19. The van der Waals surface area contributed by atoms with Crippen molar-refractivity contribution in [2.75, 3.05) is 0 Å². The molecule has 1 atom stereocenters. The van der Waals surface area contributed by atoms with Crippen LogP contribution in [0.15, 0.2) is 24.5 Å². The van der Waals surface area contributed by atoms with Crippen molar-refractivity contribution < 1.29 is 0 Å². The number of aromatic nitrogens is 1. The SMILES string of the molecule is N#C[C@H](N)Cc1cccnc1. The van der Waals surface area contributed by atoms with Crippen LogP contribution in [0.25, 0.3) is 0 Å². The van der Waals surface area contributed by atoms with Gasteiger partial charge in [0.2, 0.25) is 0 Å². The van der Waals surface area contributed by atoms with Crippen LogP contribution in [0.5, 0.6) is 0 Å². The van der Waals surface area contributed by atoms with Gasteiger partial charge in [-0.25, -0.2) is 0 Å². The highest BCUT2D eigenvalue weighted by Crippen LogP contribution is 1.98. The second kappa shape index (κ2) is 3.69. The van der Waals surface area contributed by atoms with E-state index in [1.807, 2.05) is 18.2 Å². The molecule has 0 aliphatic heterocycles. The lowest BCUT2D eigenvalue weighted by atomic mass is 10.1. The largest absolute Gasteiger partial charge is 0.316 e. The highest BCUT2D eigenvalue weighted by atomic mass is 14.6. The van der Waals surface area contributed by atoms with Crippen molar-refractivity contribution in [1.29, 1.82) is 5.26 Å². The molecule has 3 nitrogen and oxygen atoms in total. The highest BCUT2D eigenvalue weighted by molar-refractivity contribution is 5.12. The Morgan fingerprint density at radius 1 is 1.73 bits per heavy atom. The zero-order valence-corrected chi connectivity index (χ0v) is 6.07. The van der Waals surface area contributed by atoms with Gasteiger partial charge >= 0.3 is 0 Å². The molecule has 11 heavy (non-hydrogen) atoms. The molecule has 3 heteroatoms. The van der Waals surface area contributed by atoms with E-state index in [4.69, 9.17) is 11.0 Å². The molecule has 1 aromatic heterocycles. The molecule has 56 valence electrons. The van der Waals surface area contributed by atoms with Crippen LogP contribution in [-0.2, 0) is 6.42 Å². The molecule has 0 saturated carbocycles. The van der Waals surface area contributed by atoms with E-state index in [2.05, 4.69) is 4.98 Å². The predicted molar refractivity (Wildman–Crippen MR) is 41.5 cm³/mol. The van der Waals surface area contributed by atoms with Crippen LogP contribution in [0.1, 0.15) is 5.56 Å². The van der Waals surface area contributed by atoms with E-state index in [0.29, 0.717) is 6.42 Å². The van der Waals surface area contributed by atoms with Crippen LogP contribution in [-0.4, -0.2) is 11.0 Å². The molecule has 0 aliphatic carbocycles. The Morgan fingerprint density at radius 2 is 2.55 bits per heavy atom. The quantitative estimate of drug-likeness (QED) is 0.661. The zero-order chi connectivity index (χ0) is 8.10. The summed E-state index contributed by atoms with van der Waals surface area (Å²) < 4.78 is 0. The fourth-order valence-corrected chi connectivity index (χ4v) is 0.818. The Bertz CT molecular complexity index is 250. The maximum atomic E-state index is 8.40. The summed E-state index contributed by atoms with van der Waals surface area (Å²) in [5, 5.41) is 8.40. The summed E-state index contributed by atoms with van der Waals surface area (Å²) in [6.45, 7) is 0. The Labute approximate surface area is 65.5 Å². The van der Waals surface area contributed by atoms with Crippen molar-refractivity contribution in [3.8, 4) is 6.07 Å². The highest BCUT2D eigenvalue weighted by Gasteiger charge is 2.00. The van der Waals surface area contributed by atoms with Gasteiger partial charge in [0.25, 0.3) is 0 Å². The molecular formula is C8H9N3. The third-order valence-electron chi connectivity index (χ3n) is 1.34. The van der Waals surface area contributed by atoms with Gasteiger partial charge < -0.3 is 5.73 Å². The fraction of sp³-hybridized carbons (Fsp3) is 0.250. The van der Waals surface area contributed by atoms with E-state index in [1.54, 1.807) is 12.4 Å². The lowest BCUT2D eigenvalue weighted by Gasteiger charge is -2.00. The summed E-state index contributed by atoms with van der Waals surface area (Å²) in [4.78, 5) is 3.91. The Kier molecular flexibility index (Phi) is 2.59. The number of nitriles is 1. The molecular weight excluding hydrogens is 138 g/mol. The van der Waals surface area contributed by atoms with Gasteiger partial charge in [0.1, 0.15) is 0 Å². The Hall–Kier alpha value is -1.40. The summed E-state index contributed by atoms with van der Waals surface area (Å²) in [5.41, 5.74) is 6.42. The van der Waals surface area contributed by atoms with E-state index in [9.17, 15) is 0 Å². The molecule has 1 heterocycles. The van der Waals surface area contributed by atoms with Crippen molar-refractivity contribution in [3.05, 3.63) is 30.1 Å². The van der Waals surface area contributed by atoms with Crippen molar-refractivity contribution in [2.24, 2.45) is 5.73 Å². The number of rotatable bonds is 2. The number of pyridine rings is 1. The van der Waals surface area contributed by atoms with Crippen LogP contribution < -0.4 is 5.73 Å². The second-order valence-electron chi connectivity index (χ2n) is 2.30. The average molecular weight is 147 g/mol. The molecule has 0 spiro atoms. The standard InChI is InChI=1S/C8H9N3/c9-5-8(10)4-7-2-1-3-11-6-7/h1-3,6,8H,4,10H2/t8-/m1/s1. The van der Waals surface area contributed by atoms with Crippen LogP contribution in [0.4, 0.5) is 0 Å². The normalized spacial score (nSPS) is 12.0. The van der Waals surface area contributed by atoms with E-state index in [0.717, 1.165) is 5.56 Å². The van der Waals surface area contributed by atoms with E-state index < -0.39 is 6.04 Å². The molecule has 0 aliphatic rings. The van der Waals surface area contributed by atoms with Crippen molar-refractivity contribution in [1.82, 2.24) is 4.98 Å².